The third-order valence-electron chi connectivity index (χ3n) is 4.64. The lowest BCUT2D eigenvalue weighted by molar-refractivity contribution is -0.117. The number of fused-ring (bicyclic) bond motifs is 1. The third-order valence-corrected chi connectivity index (χ3v) is 5.29. The number of amides is 2. The number of aromatic amines is 1. The summed E-state index contributed by atoms with van der Waals surface area (Å²) in [4.78, 5) is 37.8. The van der Waals surface area contributed by atoms with Gasteiger partial charge in [0.15, 0.2) is 17.9 Å². The van der Waals surface area contributed by atoms with Gasteiger partial charge < -0.3 is 14.8 Å². The second kappa shape index (κ2) is 10.0. The molecule has 10 nitrogen and oxygen atoms in total. The Labute approximate surface area is 199 Å². The van der Waals surface area contributed by atoms with Crippen molar-refractivity contribution < 1.29 is 28.2 Å². The van der Waals surface area contributed by atoms with Gasteiger partial charge in [-0.25, -0.2) is 28.4 Å². The van der Waals surface area contributed by atoms with Crippen LogP contribution in [-0.2, 0) is 16.1 Å². The molecule has 3 aromatic rings. The highest BCUT2D eigenvalue weighted by molar-refractivity contribution is 14.1. The predicted molar refractivity (Wildman–Crippen MR) is 122 cm³/mol. The molecule has 0 aliphatic heterocycles. The van der Waals surface area contributed by atoms with Crippen molar-refractivity contribution in [3.8, 4) is 6.07 Å². The molecule has 0 saturated heterocycles. The lowest BCUT2D eigenvalue weighted by Crippen LogP contribution is -2.45. The fourth-order valence-electron chi connectivity index (χ4n) is 3.06. The Bertz CT molecular complexity index is 1260. The third kappa shape index (κ3) is 4.71. The minimum Gasteiger partial charge on any atom is -0.425 e. The molecular formula is C20H17F2IN6O4. The number of nitriles is 1. The Morgan fingerprint density at radius 2 is 2.15 bits per heavy atom. The van der Waals surface area contributed by atoms with Crippen LogP contribution in [0.1, 0.15) is 18.1 Å². The maximum atomic E-state index is 14.5. The number of ether oxygens (including phenoxy) is 1. The number of anilines is 2. The van der Waals surface area contributed by atoms with Crippen LogP contribution in [0.2, 0.25) is 0 Å². The summed E-state index contributed by atoms with van der Waals surface area (Å²) in [5.74, 6) is -2.65. The van der Waals surface area contributed by atoms with Gasteiger partial charge in [-0.1, -0.05) is 28.7 Å². The molecular weight excluding hydrogens is 553 g/mol. The summed E-state index contributed by atoms with van der Waals surface area (Å²) >= 11 is 1.78. The fraction of sp³-hybridized carbons (Fsp3) is 0.250. The van der Waals surface area contributed by atoms with Gasteiger partial charge in [-0.15, -0.1) is 0 Å². The smallest absolute Gasteiger partial charge is 0.417 e. The van der Waals surface area contributed by atoms with Gasteiger partial charge in [0.2, 0.25) is 11.9 Å². The SMILES string of the molecule is CC(OC(=O)N(C)c1ncccc1CO)N(C(=O)CI)c1nc2c(F)cc(C#N)c(F)c2[nH]1. The van der Waals surface area contributed by atoms with Gasteiger partial charge in [0.1, 0.15) is 22.9 Å². The number of aliphatic hydroxyl groups excluding tert-OH is 1. The maximum Gasteiger partial charge on any atom is 0.417 e. The van der Waals surface area contributed by atoms with Crippen LogP contribution in [0.15, 0.2) is 24.4 Å². The zero-order valence-corrected chi connectivity index (χ0v) is 19.5. The average molecular weight is 570 g/mol. The quantitative estimate of drug-likeness (QED) is 0.264. The molecule has 0 aliphatic rings. The van der Waals surface area contributed by atoms with Gasteiger partial charge in [0, 0.05) is 18.8 Å². The van der Waals surface area contributed by atoms with Crippen LogP contribution in [0.25, 0.3) is 11.0 Å². The first-order valence-electron chi connectivity index (χ1n) is 9.38. The van der Waals surface area contributed by atoms with E-state index in [2.05, 4.69) is 15.0 Å². The molecule has 0 spiro atoms. The lowest BCUT2D eigenvalue weighted by atomic mass is 10.2. The Balaban J connectivity index is 1.94. The molecule has 13 heteroatoms. The minimum atomic E-state index is -1.24. The molecule has 2 heterocycles. The van der Waals surface area contributed by atoms with Crippen LogP contribution in [-0.4, -0.2) is 49.8 Å². The molecule has 3 rings (SSSR count). The van der Waals surface area contributed by atoms with E-state index in [0.717, 1.165) is 9.80 Å². The first kappa shape index (κ1) is 24.3. The first-order chi connectivity index (χ1) is 15.7. The standard InChI is InChI=1S/C20H17F2IN6O4/c1-10(33-20(32)28(2)18-11(9-30)4-3-5-25-18)29(14(31)7-23)19-26-16-13(21)6-12(8-24)15(22)17(16)27-19/h3-6,10,30H,7,9H2,1-2H3,(H,26,27). The summed E-state index contributed by atoms with van der Waals surface area (Å²) in [5, 5.41) is 18.4. The van der Waals surface area contributed by atoms with Gasteiger partial charge in [-0.05, 0) is 19.1 Å². The van der Waals surface area contributed by atoms with Crippen LogP contribution < -0.4 is 9.80 Å². The molecule has 0 aliphatic carbocycles. The second-order valence-electron chi connectivity index (χ2n) is 6.70. The number of rotatable bonds is 6. The molecule has 1 unspecified atom stereocenters. The first-order valence-corrected chi connectivity index (χ1v) is 10.9. The topological polar surface area (TPSA) is 135 Å². The fourth-order valence-corrected chi connectivity index (χ4v) is 3.43. The molecule has 2 N–H and O–H groups in total. The van der Waals surface area contributed by atoms with E-state index in [1.807, 2.05) is 0 Å². The largest absolute Gasteiger partial charge is 0.425 e. The highest BCUT2D eigenvalue weighted by Gasteiger charge is 2.30. The zero-order chi connectivity index (χ0) is 24.3. The van der Waals surface area contributed by atoms with Crippen LogP contribution in [0.3, 0.4) is 0 Å². The van der Waals surface area contributed by atoms with Crippen LogP contribution in [0.5, 0.6) is 0 Å². The lowest BCUT2D eigenvalue weighted by Gasteiger charge is -2.28. The van der Waals surface area contributed by atoms with Gasteiger partial charge in [-0.3, -0.25) is 9.69 Å². The van der Waals surface area contributed by atoms with Crippen molar-refractivity contribution in [3.63, 3.8) is 0 Å². The number of H-pyrrole nitrogens is 1. The summed E-state index contributed by atoms with van der Waals surface area (Å²) in [6, 6.07) is 5.42. The normalized spacial score (nSPS) is 11.7. The molecule has 2 aromatic heterocycles. The monoisotopic (exact) mass is 570 g/mol. The summed E-state index contributed by atoms with van der Waals surface area (Å²) in [6.45, 7) is 1.01. The van der Waals surface area contributed by atoms with E-state index in [-0.39, 0.29) is 22.8 Å². The predicted octanol–water partition coefficient (Wildman–Crippen LogP) is 2.99. The molecule has 1 atom stereocenters. The van der Waals surface area contributed by atoms with Crippen LogP contribution in [0.4, 0.5) is 25.3 Å². The summed E-state index contributed by atoms with van der Waals surface area (Å²) in [5.41, 5.74) is -0.964. The number of aromatic nitrogens is 3. The number of hydrogen-bond acceptors (Lipinski definition) is 7. The van der Waals surface area contributed by atoms with Gasteiger partial charge in [0.05, 0.1) is 16.6 Å². The van der Waals surface area contributed by atoms with Crippen molar-refractivity contribution in [2.75, 3.05) is 21.3 Å². The molecule has 33 heavy (non-hydrogen) atoms. The van der Waals surface area contributed by atoms with E-state index in [0.29, 0.717) is 11.6 Å². The van der Waals surface area contributed by atoms with Crippen molar-refractivity contribution in [2.24, 2.45) is 0 Å². The number of hydrogen-bond donors (Lipinski definition) is 2. The van der Waals surface area contributed by atoms with Crippen molar-refractivity contribution in [2.45, 2.75) is 19.8 Å². The molecule has 172 valence electrons. The Kier molecular flexibility index (Phi) is 7.39. The van der Waals surface area contributed by atoms with E-state index < -0.39 is 46.5 Å². The molecule has 0 saturated carbocycles. The Hall–Kier alpha value is -3.38. The van der Waals surface area contributed by atoms with Crippen molar-refractivity contribution in [1.82, 2.24) is 15.0 Å². The molecule has 0 bridgehead atoms. The summed E-state index contributed by atoms with van der Waals surface area (Å²) in [6.07, 6.45) is -0.714. The van der Waals surface area contributed by atoms with E-state index >= 15 is 0 Å². The number of carbonyl (C=O) groups excluding carboxylic acids is 2. The maximum absolute atomic E-state index is 14.5. The molecule has 1 aromatic carbocycles. The van der Waals surface area contributed by atoms with E-state index in [1.165, 1.54) is 20.2 Å². The number of carbonyl (C=O) groups is 2. The minimum absolute atomic E-state index is 0.0597. The number of pyridine rings is 1. The highest BCUT2D eigenvalue weighted by atomic mass is 127. The molecule has 0 radical (unpaired) electrons. The van der Waals surface area contributed by atoms with Gasteiger partial charge in [0.25, 0.3) is 0 Å². The summed E-state index contributed by atoms with van der Waals surface area (Å²) < 4.78 is 34.1. The van der Waals surface area contributed by atoms with E-state index in [9.17, 15) is 23.5 Å². The van der Waals surface area contributed by atoms with Crippen molar-refractivity contribution >= 4 is 57.4 Å². The average Bonchev–Trinajstić information content (AvgIpc) is 3.26. The summed E-state index contributed by atoms with van der Waals surface area (Å²) in [7, 11) is 1.37. The Morgan fingerprint density at radius 1 is 1.42 bits per heavy atom. The number of alkyl halides is 1. The number of nitrogens with zero attached hydrogens (tertiary/aromatic N) is 5. The number of imidazole rings is 1. The number of aliphatic hydroxyl groups is 1. The van der Waals surface area contributed by atoms with Crippen LogP contribution in [0, 0.1) is 23.0 Å². The van der Waals surface area contributed by atoms with Gasteiger partial charge >= 0.3 is 6.09 Å². The van der Waals surface area contributed by atoms with Crippen molar-refractivity contribution in [1.29, 1.82) is 5.26 Å². The molecule has 0 fully saturated rings. The van der Waals surface area contributed by atoms with Crippen LogP contribution >= 0.6 is 22.6 Å². The highest BCUT2D eigenvalue weighted by Crippen LogP contribution is 2.27. The number of halogens is 3. The zero-order valence-electron chi connectivity index (χ0n) is 17.3. The number of nitrogens with one attached hydrogen (secondary N) is 1. The van der Waals surface area contributed by atoms with E-state index in [1.54, 1.807) is 40.8 Å². The Morgan fingerprint density at radius 3 is 2.79 bits per heavy atom. The number of benzene rings is 1. The van der Waals surface area contributed by atoms with Gasteiger partial charge in [-0.2, -0.15) is 5.26 Å². The second-order valence-corrected chi connectivity index (χ2v) is 7.46. The van der Waals surface area contributed by atoms with E-state index in [4.69, 9.17) is 10.00 Å². The molecule has 2 amide bonds. The van der Waals surface area contributed by atoms with Crippen molar-refractivity contribution in [3.05, 3.63) is 47.2 Å².